The number of methoxy groups -OCH3 is 1. The third-order valence-corrected chi connectivity index (χ3v) is 5.54. The molecule has 0 radical (unpaired) electrons. The summed E-state index contributed by atoms with van der Waals surface area (Å²) in [7, 11) is 1.52. The van der Waals surface area contributed by atoms with Crippen LogP contribution in [0.5, 0.6) is 5.75 Å². The maximum Gasteiger partial charge on any atom is 0.281 e. The highest BCUT2D eigenvalue weighted by molar-refractivity contribution is 7.17. The van der Waals surface area contributed by atoms with Crippen molar-refractivity contribution < 1.29 is 9.53 Å². The van der Waals surface area contributed by atoms with Crippen LogP contribution in [0.2, 0.25) is 5.02 Å². The minimum atomic E-state index is -0.384. The van der Waals surface area contributed by atoms with Crippen molar-refractivity contribution in [1.82, 2.24) is 9.66 Å². The Morgan fingerprint density at radius 3 is 2.79 bits per heavy atom. The molecule has 1 N–H and O–H groups in total. The highest BCUT2D eigenvalue weighted by atomic mass is 35.5. The van der Waals surface area contributed by atoms with Crippen molar-refractivity contribution in [3.63, 3.8) is 0 Å². The zero-order valence-electron chi connectivity index (χ0n) is 15.4. The first kappa shape index (κ1) is 19.2. The van der Waals surface area contributed by atoms with Crippen LogP contribution in [0.1, 0.15) is 5.56 Å². The molecule has 0 aliphatic heterocycles. The Balaban J connectivity index is 1.65. The van der Waals surface area contributed by atoms with Crippen LogP contribution in [0.15, 0.2) is 65.0 Å². The number of thiophene rings is 1. The monoisotopic (exact) mass is 425 g/mol. The van der Waals surface area contributed by atoms with E-state index >= 15 is 0 Å². The summed E-state index contributed by atoms with van der Waals surface area (Å²) in [5.74, 6) is 0.167. The molecule has 0 spiro atoms. The van der Waals surface area contributed by atoms with Crippen molar-refractivity contribution in [1.29, 1.82) is 0 Å². The first-order valence-corrected chi connectivity index (χ1v) is 9.99. The third kappa shape index (κ3) is 3.87. The second-order valence-electron chi connectivity index (χ2n) is 6.28. The van der Waals surface area contributed by atoms with E-state index < -0.39 is 0 Å². The minimum Gasteiger partial charge on any atom is -0.496 e. The van der Waals surface area contributed by atoms with Gasteiger partial charge in [0.1, 0.15) is 16.9 Å². The first-order valence-electron chi connectivity index (χ1n) is 8.73. The molecule has 0 aliphatic rings. The Labute approximate surface area is 175 Å². The topological polar surface area (TPSA) is 73.2 Å². The molecule has 8 heteroatoms. The quantitative estimate of drug-likeness (QED) is 0.522. The molecule has 2 aromatic carbocycles. The average molecular weight is 426 g/mol. The number of nitrogens with zero attached hydrogens (tertiary/aromatic N) is 2. The fraction of sp³-hybridized carbons (Fsp3) is 0.0952. The molecule has 0 aliphatic carbocycles. The molecule has 29 heavy (non-hydrogen) atoms. The van der Waals surface area contributed by atoms with Gasteiger partial charge >= 0.3 is 0 Å². The van der Waals surface area contributed by atoms with E-state index in [1.54, 1.807) is 18.2 Å². The van der Waals surface area contributed by atoms with E-state index in [9.17, 15) is 9.59 Å². The maximum absolute atomic E-state index is 13.0. The van der Waals surface area contributed by atoms with Gasteiger partial charge in [0, 0.05) is 21.5 Å². The van der Waals surface area contributed by atoms with Crippen LogP contribution in [0.3, 0.4) is 0 Å². The van der Waals surface area contributed by atoms with E-state index in [1.807, 2.05) is 35.7 Å². The van der Waals surface area contributed by atoms with E-state index in [-0.39, 0.29) is 17.9 Å². The number of fused-ring (bicyclic) bond motifs is 1. The lowest BCUT2D eigenvalue weighted by Gasteiger charge is -2.11. The summed E-state index contributed by atoms with van der Waals surface area (Å²) in [6.45, 7) is 0. The molecular weight excluding hydrogens is 410 g/mol. The third-order valence-electron chi connectivity index (χ3n) is 4.42. The van der Waals surface area contributed by atoms with Crippen molar-refractivity contribution >= 4 is 39.1 Å². The van der Waals surface area contributed by atoms with Crippen LogP contribution in [0.25, 0.3) is 21.3 Å². The second kappa shape index (κ2) is 8.06. The molecule has 146 valence electrons. The largest absolute Gasteiger partial charge is 0.496 e. The zero-order valence-corrected chi connectivity index (χ0v) is 17.0. The Bertz CT molecular complexity index is 1250. The first-order chi connectivity index (χ1) is 14.1. The van der Waals surface area contributed by atoms with Crippen LogP contribution in [0, 0.1) is 0 Å². The van der Waals surface area contributed by atoms with Gasteiger partial charge in [0.25, 0.3) is 5.56 Å². The number of benzene rings is 2. The molecule has 4 rings (SSSR count). The number of halogens is 1. The molecule has 0 saturated carbocycles. The molecule has 0 fully saturated rings. The maximum atomic E-state index is 13.0. The van der Waals surface area contributed by atoms with Crippen molar-refractivity contribution in [2.45, 2.75) is 6.42 Å². The molecule has 1 amide bonds. The van der Waals surface area contributed by atoms with E-state index in [0.717, 1.165) is 15.8 Å². The number of hydrogen-bond acceptors (Lipinski definition) is 5. The standard InChI is InChI=1S/C21H16ClN3O3S/c1-28-17-8-7-15(22)9-14(17)10-18(26)24-25-12-23-20-19(21(25)27)16(11-29-20)13-5-3-2-4-6-13/h2-9,11-12H,10H2,1H3,(H,24,26). The summed E-state index contributed by atoms with van der Waals surface area (Å²) in [6.07, 6.45) is 1.33. The Morgan fingerprint density at radius 1 is 1.24 bits per heavy atom. The molecule has 2 aromatic heterocycles. The Hall–Kier alpha value is -3.16. The van der Waals surface area contributed by atoms with E-state index in [4.69, 9.17) is 16.3 Å². The minimum absolute atomic E-state index is 0.00336. The van der Waals surface area contributed by atoms with Crippen molar-refractivity contribution in [2.24, 2.45) is 0 Å². The molecule has 0 saturated heterocycles. The van der Waals surface area contributed by atoms with Crippen molar-refractivity contribution in [2.75, 3.05) is 12.5 Å². The van der Waals surface area contributed by atoms with E-state index in [2.05, 4.69) is 10.4 Å². The second-order valence-corrected chi connectivity index (χ2v) is 7.58. The van der Waals surface area contributed by atoms with Crippen molar-refractivity contribution in [3.8, 4) is 16.9 Å². The number of carbonyl (C=O) groups excluding carboxylic acids is 1. The van der Waals surface area contributed by atoms with E-state index in [0.29, 0.717) is 26.6 Å². The van der Waals surface area contributed by atoms with Gasteiger partial charge in [-0.25, -0.2) is 9.66 Å². The lowest BCUT2D eigenvalue weighted by molar-refractivity contribution is -0.116. The number of aromatic nitrogens is 2. The van der Waals surface area contributed by atoms with Gasteiger partial charge in [0.15, 0.2) is 0 Å². The van der Waals surface area contributed by atoms with Gasteiger partial charge in [-0.1, -0.05) is 41.9 Å². The highest BCUT2D eigenvalue weighted by Gasteiger charge is 2.15. The van der Waals surface area contributed by atoms with Crippen LogP contribution in [-0.2, 0) is 11.2 Å². The van der Waals surface area contributed by atoms with Crippen LogP contribution < -0.4 is 15.7 Å². The van der Waals surface area contributed by atoms with Gasteiger partial charge in [-0.3, -0.25) is 15.0 Å². The van der Waals surface area contributed by atoms with Gasteiger partial charge in [0.2, 0.25) is 5.91 Å². The smallest absolute Gasteiger partial charge is 0.281 e. The lowest BCUT2D eigenvalue weighted by atomic mass is 10.1. The molecule has 2 heterocycles. The lowest BCUT2D eigenvalue weighted by Crippen LogP contribution is -2.34. The average Bonchev–Trinajstić information content (AvgIpc) is 3.16. The fourth-order valence-electron chi connectivity index (χ4n) is 3.07. The molecule has 0 unspecified atom stereocenters. The number of nitrogens with one attached hydrogen (secondary N) is 1. The van der Waals surface area contributed by atoms with Gasteiger partial charge in [-0.15, -0.1) is 11.3 Å². The predicted molar refractivity (Wildman–Crippen MR) is 115 cm³/mol. The van der Waals surface area contributed by atoms with Gasteiger partial charge in [0.05, 0.1) is 18.9 Å². The predicted octanol–water partition coefficient (Wildman–Crippen LogP) is 4.10. The van der Waals surface area contributed by atoms with E-state index in [1.165, 1.54) is 24.8 Å². The summed E-state index contributed by atoms with van der Waals surface area (Å²) >= 11 is 7.41. The summed E-state index contributed by atoms with van der Waals surface area (Å²) < 4.78 is 6.38. The molecule has 0 atom stereocenters. The van der Waals surface area contributed by atoms with Gasteiger partial charge < -0.3 is 4.74 Å². The highest BCUT2D eigenvalue weighted by Crippen LogP contribution is 2.30. The van der Waals surface area contributed by atoms with Crippen LogP contribution in [0.4, 0.5) is 0 Å². The van der Waals surface area contributed by atoms with Gasteiger partial charge in [-0.2, -0.15) is 0 Å². The summed E-state index contributed by atoms with van der Waals surface area (Å²) in [6, 6.07) is 14.6. The summed E-state index contributed by atoms with van der Waals surface area (Å²) in [4.78, 5) is 30.5. The number of rotatable bonds is 5. The van der Waals surface area contributed by atoms with Crippen molar-refractivity contribution in [3.05, 3.63) is 81.2 Å². The SMILES string of the molecule is COc1ccc(Cl)cc1CC(=O)Nn1cnc2scc(-c3ccccc3)c2c1=O. The number of ether oxygens (including phenoxy) is 1. The van der Waals surface area contributed by atoms with Gasteiger partial charge in [-0.05, 0) is 23.8 Å². The Morgan fingerprint density at radius 2 is 2.03 bits per heavy atom. The number of hydrogen-bond donors (Lipinski definition) is 1. The molecule has 6 nitrogen and oxygen atoms in total. The molecular formula is C21H16ClN3O3S. The number of carbonyl (C=O) groups is 1. The summed E-state index contributed by atoms with van der Waals surface area (Å²) in [5, 5.41) is 2.88. The molecule has 4 aromatic rings. The van der Waals surface area contributed by atoms with Crippen LogP contribution in [-0.4, -0.2) is 22.7 Å². The van der Waals surface area contributed by atoms with Crippen LogP contribution >= 0.6 is 22.9 Å². The fourth-order valence-corrected chi connectivity index (χ4v) is 4.18. The normalized spacial score (nSPS) is 10.8. The summed E-state index contributed by atoms with van der Waals surface area (Å²) in [5.41, 5.74) is 4.61. The molecule has 0 bridgehead atoms. The zero-order chi connectivity index (χ0) is 20.4. The number of amides is 1. The Kier molecular flexibility index (Phi) is 5.33.